The number of hydrogen-bond donors (Lipinski definition) is 5. The predicted molar refractivity (Wildman–Crippen MR) is 52.4 cm³/mol. The van der Waals surface area contributed by atoms with Crippen molar-refractivity contribution in [2.24, 2.45) is 0 Å². The third-order valence-electron chi connectivity index (χ3n) is 1.08. The van der Waals surface area contributed by atoms with Crippen LogP contribution in [0.1, 0.15) is 13.8 Å². The third kappa shape index (κ3) is 24.5. The second kappa shape index (κ2) is 14.3. The van der Waals surface area contributed by atoms with Crippen molar-refractivity contribution in [2.75, 3.05) is 32.8 Å². The summed E-state index contributed by atoms with van der Waals surface area (Å²) in [6.45, 7) is 5.90. The molecule has 0 aromatic heterocycles. The van der Waals surface area contributed by atoms with Crippen LogP contribution in [0, 0.1) is 0 Å². The molecule has 5 heteroatoms. The van der Waals surface area contributed by atoms with Crippen molar-refractivity contribution >= 4 is 0 Å². The Morgan fingerprint density at radius 3 is 1.77 bits per heavy atom. The molecule has 0 aliphatic carbocycles. The van der Waals surface area contributed by atoms with E-state index in [9.17, 15) is 0 Å². The topological polar surface area (TPSA) is 84.8 Å². The molecule has 0 saturated heterocycles. The first-order valence-corrected chi connectivity index (χ1v) is 4.52. The second-order valence-corrected chi connectivity index (χ2v) is 2.43. The van der Waals surface area contributed by atoms with E-state index in [4.69, 9.17) is 15.3 Å². The van der Waals surface area contributed by atoms with Gasteiger partial charge in [-0.1, -0.05) is 6.92 Å². The van der Waals surface area contributed by atoms with Gasteiger partial charge >= 0.3 is 0 Å². The lowest BCUT2D eigenvalue weighted by molar-refractivity contribution is 0.159. The van der Waals surface area contributed by atoms with E-state index in [1.807, 2.05) is 6.92 Å². The normalized spacial score (nSPS) is 11.8. The molecule has 0 aromatic rings. The standard InChI is InChI=1S/C4H11NO2.C4H11NO/c6-3-1-5-2-4-7;1-3-5-4(2)6/h5-7H,1-4H2;4-6H,3H2,1-2H3. The van der Waals surface area contributed by atoms with E-state index in [0.29, 0.717) is 13.1 Å². The van der Waals surface area contributed by atoms with Crippen molar-refractivity contribution in [1.82, 2.24) is 10.6 Å². The summed E-state index contributed by atoms with van der Waals surface area (Å²) in [7, 11) is 0. The second-order valence-electron chi connectivity index (χ2n) is 2.43. The molecule has 0 rings (SSSR count). The number of aliphatic hydroxyl groups excluding tert-OH is 3. The van der Waals surface area contributed by atoms with Crippen LogP contribution in [-0.2, 0) is 0 Å². The highest BCUT2D eigenvalue weighted by Crippen LogP contribution is 1.65. The molecule has 13 heavy (non-hydrogen) atoms. The minimum atomic E-state index is -0.352. The van der Waals surface area contributed by atoms with Gasteiger partial charge in [-0.15, -0.1) is 0 Å². The van der Waals surface area contributed by atoms with Gasteiger partial charge in [0.2, 0.25) is 0 Å². The first kappa shape index (κ1) is 15.3. The monoisotopic (exact) mass is 194 g/mol. The van der Waals surface area contributed by atoms with Crippen molar-refractivity contribution in [3.8, 4) is 0 Å². The molecule has 0 radical (unpaired) electrons. The maximum absolute atomic E-state index is 8.44. The fourth-order valence-corrected chi connectivity index (χ4v) is 0.579. The SMILES string of the molecule is CCNC(C)O.OCCNCCO. The van der Waals surface area contributed by atoms with E-state index in [2.05, 4.69) is 10.6 Å². The summed E-state index contributed by atoms with van der Waals surface area (Å²) < 4.78 is 0. The summed E-state index contributed by atoms with van der Waals surface area (Å²) in [5.74, 6) is 0. The summed E-state index contributed by atoms with van der Waals surface area (Å²) in [6, 6.07) is 0. The zero-order valence-corrected chi connectivity index (χ0v) is 8.45. The Bertz CT molecular complexity index is 77.8. The highest BCUT2D eigenvalue weighted by molar-refractivity contribution is 4.39. The zero-order chi connectivity index (χ0) is 10.5. The zero-order valence-electron chi connectivity index (χ0n) is 8.45. The molecule has 5 nitrogen and oxygen atoms in total. The van der Waals surface area contributed by atoms with Crippen LogP contribution in [0.5, 0.6) is 0 Å². The lowest BCUT2D eigenvalue weighted by Gasteiger charge is -2.00. The molecule has 0 heterocycles. The van der Waals surface area contributed by atoms with E-state index < -0.39 is 0 Å². The Morgan fingerprint density at radius 1 is 1.15 bits per heavy atom. The number of nitrogens with one attached hydrogen (secondary N) is 2. The number of aliphatic hydroxyl groups is 3. The van der Waals surface area contributed by atoms with Crippen LogP contribution in [0.4, 0.5) is 0 Å². The van der Waals surface area contributed by atoms with E-state index in [1.165, 1.54) is 0 Å². The van der Waals surface area contributed by atoms with Gasteiger partial charge in [0.05, 0.1) is 13.2 Å². The van der Waals surface area contributed by atoms with Gasteiger partial charge in [0, 0.05) is 13.1 Å². The van der Waals surface area contributed by atoms with Gasteiger partial charge in [0.1, 0.15) is 6.23 Å². The first-order chi connectivity index (χ1) is 6.18. The quantitative estimate of drug-likeness (QED) is 0.262. The van der Waals surface area contributed by atoms with Crippen LogP contribution in [0.15, 0.2) is 0 Å². The van der Waals surface area contributed by atoms with Crippen LogP contribution < -0.4 is 10.6 Å². The Kier molecular flexibility index (Phi) is 16.8. The fraction of sp³-hybridized carbons (Fsp3) is 1.00. The molecule has 0 amide bonds. The molecule has 0 saturated carbocycles. The lowest BCUT2D eigenvalue weighted by atomic mass is 10.6. The van der Waals surface area contributed by atoms with Crippen molar-refractivity contribution in [2.45, 2.75) is 20.1 Å². The average molecular weight is 194 g/mol. The molecule has 1 unspecified atom stereocenters. The van der Waals surface area contributed by atoms with Gasteiger partial charge in [-0.05, 0) is 13.5 Å². The Balaban J connectivity index is 0. The van der Waals surface area contributed by atoms with Crippen molar-refractivity contribution < 1.29 is 15.3 Å². The van der Waals surface area contributed by atoms with Crippen molar-refractivity contribution in [3.05, 3.63) is 0 Å². The number of rotatable bonds is 6. The minimum absolute atomic E-state index is 0.139. The maximum Gasteiger partial charge on any atom is 0.102 e. The van der Waals surface area contributed by atoms with Crippen molar-refractivity contribution in [1.29, 1.82) is 0 Å². The lowest BCUT2D eigenvalue weighted by Crippen LogP contribution is -2.24. The van der Waals surface area contributed by atoms with Gasteiger partial charge < -0.3 is 20.6 Å². The Labute approximate surface area is 79.8 Å². The molecule has 0 bridgehead atoms. The van der Waals surface area contributed by atoms with E-state index >= 15 is 0 Å². The molecule has 82 valence electrons. The van der Waals surface area contributed by atoms with Crippen LogP contribution >= 0.6 is 0 Å². The summed E-state index contributed by atoms with van der Waals surface area (Å²) in [6.07, 6.45) is -0.352. The van der Waals surface area contributed by atoms with Gasteiger partial charge in [0.15, 0.2) is 0 Å². The summed E-state index contributed by atoms with van der Waals surface area (Å²) in [5, 5.41) is 30.3. The third-order valence-corrected chi connectivity index (χ3v) is 1.08. The fourth-order valence-electron chi connectivity index (χ4n) is 0.579. The average Bonchev–Trinajstić information content (AvgIpc) is 2.06. The minimum Gasteiger partial charge on any atom is -0.395 e. The smallest absolute Gasteiger partial charge is 0.102 e. The van der Waals surface area contributed by atoms with E-state index in [-0.39, 0.29) is 19.4 Å². The molecule has 0 aliphatic heterocycles. The van der Waals surface area contributed by atoms with Gasteiger partial charge in [0.25, 0.3) is 0 Å². The predicted octanol–water partition coefficient (Wildman–Crippen LogP) is -1.51. The maximum atomic E-state index is 8.44. The largest absolute Gasteiger partial charge is 0.395 e. The van der Waals surface area contributed by atoms with Gasteiger partial charge in [-0.3, -0.25) is 5.32 Å². The Hall–Kier alpha value is -0.200. The number of hydrogen-bond acceptors (Lipinski definition) is 5. The molecule has 0 aliphatic rings. The van der Waals surface area contributed by atoms with Gasteiger partial charge in [-0.2, -0.15) is 0 Å². The molecule has 1 atom stereocenters. The molecular formula is C8H22N2O3. The molecule has 0 spiro atoms. The Morgan fingerprint density at radius 2 is 1.62 bits per heavy atom. The van der Waals surface area contributed by atoms with Gasteiger partial charge in [-0.25, -0.2) is 0 Å². The van der Waals surface area contributed by atoms with Crippen molar-refractivity contribution in [3.63, 3.8) is 0 Å². The summed E-state index contributed by atoms with van der Waals surface area (Å²) in [5.41, 5.74) is 0. The summed E-state index contributed by atoms with van der Waals surface area (Å²) in [4.78, 5) is 0. The molecule has 0 aromatic carbocycles. The first-order valence-electron chi connectivity index (χ1n) is 4.52. The molecular weight excluding hydrogens is 172 g/mol. The van der Waals surface area contributed by atoms with E-state index in [0.717, 1.165) is 6.54 Å². The highest BCUT2D eigenvalue weighted by Gasteiger charge is 1.83. The molecule has 5 N–H and O–H groups in total. The molecule has 0 fully saturated rings. The summed E-state index contributed by atoms with van der Waals surface area (Å²) >= 11 is 0. The van der Waals surface area contributed by atoms with Crippen LogP contribution in [0.25, 0.3) is 0 Å². The van der Waals surface area contributed by atoms with Crippen LogP contribution in [-0.4, -0.2) is 54.4 Å². The van der Waals surface area contributed by atoms with Crippen LogP contribution in [0.2, 0.25) is 0 Å². The van der Waals surface area contributed by atoms with E-state index in [1.54, 1.807) is 6.92 Å². The highest BCUT2D eigenvalue weighted by atomic mass is 16.3. The van der Waals surface area contributed by atoms with Crippen LogP contribution in [0.3, 0.4) is 0 Å².